The number of ether oxygens (including phenoxy) is 2. The summed E-state index contributed by atoms with van der Waals surface area (Å²) >= 11 is 3.28. The maximum atomic E-state index is 12.1. The zero-order valence-corrected chi connectivity index (χ0v) is 15.0. The van der Waals surface area contributed by atoms with E-state index >= 15 is 0 Å². The zero-order chi connectivity index (χ0) is 17.5. The molecule has 0 unspecified atom stereocenters. The lowest BCUT2D eigenvalue weighted by Crippen LogP contribution is -2.51. The summed E-state index contributed by atoms with van der Waals surface area (Å²) < 4.78 is 10.7. The summed E-state index contributed by atoms with van der Waals surface area (Å²) in [5.74, 6) is -0.823. The largest absolute Gasteiger partial charge is 0.452 e. The highest BCUT2D eigenvalue weighted by Crippen LogP contribution is 2.12. The van der Waals surface area contributed by atoms with Crippen LogP contribution in [0.2, 0.25) is 0 Å². The number of nitrogens with zero attached hydrogens (tertiary/aromatic N) is 2. The van der Waals surface area contributed by atoms with Crippen LogP contribution in [0.4, 0.5) is 4.79 Å². The molecule has 2 amide bonds. The molecule has 1 aliphatic heterocycles. The van der Waals surface area contributed by atoms with Crippen molar-refractivity contribution in [1.29, 1.82) is 0 Å². The Morgan fingerprint density at radius 1 is 1.08 bits per heavy atom. The van der Waals surface area contributed by atoms with Crippen LogP contribution in [0.3, 0.4) is 0 Å². The van der Waals surface area contributed by atoms with E-state index < -0.39 is 5.97 Å². The fourth-order valence-corrected chi connectivity index (χ4v) is 2.67. The molecule has 7 nitrogen and oxygen atoms in total. The van der Waals surface area contributed by atoms with Gasteiger partial charge in [-0.3, -0.25) is 4.79 Å². The topological polar surface area (TPSA) is 76.2 Å². The molecule has 1 aromatic rings. The standard InChI is InChI=1S/C16H19BrN2O5/c1-2-23-16(22)19-8-6-18(7-9-19)14(20)11-24-15(21)12-4-3-5-13(17)10-12/h3-5,10H,2,6-9,11H2,1H3. The van der Waals surface area contributed by atoms with Crippen LogP contribution >= 0.6 is 15.9 Å². The summed E-state index contributed by atoms with van der Waals surface area (Å²) in [6, 6.07) is 6.77. The van der Waals surface area contributed by atoms with E-state index in [1.54, 1.807) is 41.0 Å². The molecular formula is C16H19BrN2O5. The van der Waals surface area contributed by atoms with Gasteiger partial charge < -0.3 is 19.3 Å². The molecule has 0 aromatic heterocycles. The van der Waals surface area contributed by atoms with Gasteiger partial charge in [0.25, 0.3) is 5.91 Å². The molecule has 0 saturated carbocycles. The molecule has 0 aliphatic carbocycles. The first kappa shape index (κ1) is 18.3. The highest BCUT2D eigenvalue weighted by Gasteiger charge is 2.25. The van der Waals surface area contributed by atoms with Gasteiger partial charge in [0, 0.05) is 30.7 Å². The van der Waals surface area contributed by atoms with E-state index in [0.29, 0.717) is 38.3 Å². The van der Waals surface area contributed by atoms with Crippen molar-refractivity contribution < 1.29 is 23.9 Å². The van der Waals surface area contributed by atoms with Gasteiger partial charge in [0.1, 0.15) is 0 Å². The maximum Gasteiger partial charge on any atom is 0.409 e. The van der Waals surface area contributed by atoms with Crippen LogP contribution in [0.25, 0.3) is 0 Å². The molecule has 8 heteroatoms. The SMILES string of the molecule is CCOC(=O)N1CCN(C(=O)COC(=O)c2cccc(Br)c2)CC1. The molecule has 1 fully saturated rings. The van der Waals surface area contributed by atoms with Crippen molar-refractivity contribution in [2.75, 3.05) is 39.4 Å². The smallest absolute Gasteiger partial charge is 0.409 e. The monoisotopic (exact) mass is 398 g/mol. The molecule has 2 rings (SSSR count). The Kier molecular flexibility index (Phi) is 6.60. The Morgan fingerprint density at radius 3 is 2.38 bits per heavy atom. The number of amides is 2. The fraction of sp³-hybridized carbons (Fsp3) is 0.438. The highest BCUT2D eigenvalue weighted by atomic mass is 79.9. The molecule has 0 radical (unpaired) electrons. The molecule has 1 saturated heterocycles. The number of benzene rings is 1. The summed E-state index contributed by atoms with van der Waals surface area (Å²) in [5, 5.41) is 0. The highest BCUT2D eigenvalue weighted by molar-refractivity contribution is 9.10. The van der Waals surface area contributed by atoms with E-state index in [-0.39, 0.29) is 18.6 Å². The average Bonchev–Trinajstić information content (AvgIpc) is 2.59. The van der Waals surface area contributed by atoms with E-state index in [9.17, 15) is 14.4 Å². The second-order valence-electron chi connectivity index (χ2n) is 5.15. The Morgan fingerprint density at radius 2 is 1.75 bits per heavy atom. The third kappa shape index (κ3) is 4.95. The van der Waals surface area contributed by atoms with Gasteiger partial charge >= 0.3 is 12.1 Å². The number of hydrogen-bond acceptors (Lipinski definition) is 5. The number of hydrogen-bond donors (Lipinski definition) is 0. The van der Waals surface area contributed by atoms with Crippen molar-refractivity contribution in [3.63, 3.8) is 0 Å². The molecular weight excluding hydrogens is 380 g/mol. The number of halogens is 1. The van der Waals surface area contributed by atoms with Crippen molar-refractivity contribution in [3.05, 3.63) is 34.3 Å². The van der Waals surface area contributed by atoms with Crippen LogP contribution < -0.4 is 0 Å². The van der Waals surface area contributed by atoms with Crippen LogP contribution in [0.15, 0.2) is 28.7 Å². The minimum Gasteiger partial charge on any atom is -0.452 e. The van der Waals surface area contributed by atoms with Gasteiger partial charge in [-0.15, -0.1) is 0 Å². The van der Waals surface area contributed by atoms with Gasteiger partial charge in [-0.1, -0.05) is 22.0 Å². The average molecular weight is 399 g/mol. The molecule has 1 aromatic carbocycles. The molecule has 0 spiro atoms. The molecule has 130 valence electrons. The summed E-state index contributed by atoms with van der Waals surface area (Å²) in [6.07, 6.45) is -0.370. The van der Waals surface area contributed by atoms with Gasteiger partial charge in [-0.05, 0) is 25.1 Å². The number of carbonyl (C=O) groups is 3. The van der Waals surface area contributed by atoms with Crippen LogP contribution in [0.5, 0.6) is 0 Å². The Labute approximate surface area is 148 Å². The zero-order valence-electron chi connectivity index (χ0n) is 13.4. The Balaban J connectivity index is 1.77. The van der Waals surface area contributed by atoms with Crippen molar-refractivity contribution >= 4 is 33.9 Å². The van der Waals surface area contributed by atoms with Gasteiger partial charge in [0.15, 0.2) is 6.61 Å². The fourth-order valence-electron chi connectivity index (χ4n) is 2.27. The minimum absolute atomic E-state index is 0.276. The van der Waals surface area contributed by atoms with Crippen molar-refractivity contribution in [3.8, 4) is 0 Å². The Bertz CT molecular complexity index is 614. The van der Waals surface area contributed by atoms with E-state index in [4.69, 9.17) is 9.47 Å². The second kappa shape index (κ2) is 8.68. The van der Waals surface area contributed by atoms with Crippen LogP contribution in [-0.4, -0.2) is 67.2 Å². The van der Waals surface area contributed by atoms with Gasteiger partial charge in [0.05, 0.1) is 12.2 Å². The number of carbonyl (C=O) groups excluding carboxylic acids is 3. The molecule has 0 N–H and O–H groups in total. The van der Waals surface area contributed by atoms with Crippen LogP contribution in [0, 0.1) is 0 Å². The number of esters is 1. The lowest BCUT2D eigenvalue weighted by Gasteiger charge is -2.33. The molecule has 1 aliphatic rings. The summed E-state index contributed by atoms with van der Waals surface area (Å²) in [6.45, 7) is 3.36. The molecule has 0 atom stereocenters. The summed E-state index contributed by atoms with van der Waals surface area (Å²) in [7, 11) is 0. The third-order valence-electron chi connectivity index (χ3n) is 3.55. The molecule has 1 heterocycles. The quantitative estimate of drug-likeness (QED) is 0.723. The first-order chi connectivity index (χ1) is 11.5. The van der Waals surface area contributed by atoms with E-state index in [2.05, 4.69) is 15.9 Å². The minimum atomic E-state index is -0.546. The van der Waals surface area contributed by atoms with Gasteiger partial charge in [-0.2, -0.15) is 0 Å². The van der Waals surface area contributed by atoms with Gasteiger partial charge in [0.2, 0.25) is 0 Å². The van der Waals surface area contributed by atoms with E-state index in [1.807, 2.05) is 0 Å². The van der Waals surface area contributed by atoms with Crippen molar-refractivity contribution in [1.82, 2.24) is 9.80 Å². The molecule has 0 bridgehead atoms. The van der Waals surface area contributed by atoms with Gasteiger partial charge in [-0.25, -0.2) is 9.59 Å². The lowest BCUT2D eigenvalue weighted by atomic mass is 10.2. The molecule has 24 heavy (non-hydrogen) atoms. The van der Waals surface area contributed by atoms with Crippen molar-refractivity contribution in [2.45, 2.75) is 6.92 Å². The number of piperazine rings is 1. The lowest BCUT2D eigenvalue weighted by molar-refractivity contribution is -0.136. The normalized spacial score (nSPS) is 14.2. The summed E-state index contributed by atoms with van der Waals surface area (Å²) in [5.41, 5.74) is 0.379. The van der Waals surface area contributed by atoms with Crippen LogP contribution in [-0.2, 0) is 14.3 Å². The first-order valence-corrected chi connectivity index (χ1v) is 8.42. The predicted molar refractivity (Wildman–Crippen MR) is 89.6 cm³/mol. The summed E-state index contributed by atoms with van der Waals surface area (Å²) in [4.78, 5) is 38.8. The number of rotatable bonds is 4. The van der Waals surface area contributed by atoms with Crippen molar-refractivity contribution in [2.24, 2.45) is 0 Å². The first-order valence-electron chi connectivity index (χ1n) is 7.63. The maximum absolute atomic E-state index is 12.1. The predicted octanol–water partition coefficient (Wildman–Crippen LogP) is 1.91. The van der Waals surface area contributed by atoms with E-state index in [1.165, 1.54) is 0 Å². The third-order valence-corrected chi connectivity index (χ3v) is 4.04. The Hall–Kier alpha value is -2.09. The van der Waals surface area contributed by atoms with E-state index in [0.717, 1.165) is 4.47 Å². The van der Waals surface area contributed by atoms with Crippen LogP contribution in [0.1, 0.15) is 17.3 Å². The second-order valence-corrected chi connectivity index (χ2v) is 6.07.